The van der Waals surface area contributed by atoms with E-state index in [2.05, 4.69) is 9.97 Å². The zero-order valence-corrected chi connectivity index (χ0v) is 11.5. The Hall–Kier alpha value is -2.89. The third-order valence-electron chi connectivity index (χ3n) is 3.14. The molecular formula is C15H8ClN5. The van der Waals surface area contributed by atoms with Crippen LogP contribution in [0.3, 0.4) is 0 Å². The molecule has 0 atom stereocenters. The van der Waals surface area contributed by atoms with Crippen LogP contribution < -0.4 is 0 Å². The molecule has 2 aromatic heterocycles. The highest BCUT2D eigenvalue weighted by Gasteiger charge is 2.12. The molecule has 21 heavy (non-hydrogen) atoms. The smallest absolute Gasteiger partial charge is 0.176 e. The van der Waals surface area contributed by atoms with Crippen LogP contribution in [0, 0.1) is 22.7 Å². The van der Waals surface area contributed by atoms with Gasteiger partial charge in [-0.05, 0) is 12.1 Å². The zero-order valence-electron chi connectivity index (χ0n) is 10.8. The van der Waals surface area contributed by atoms with Crippen molar-refractivity contribution in [2.24, 2.45) is 0 Å². The number of rotatable bonds is 2. The van der Waals surface area contributed by atoms with Crippen molar-refractivity contribution in [3.05, 3.63) is 58.8 Å². The summed E-state index contributed by atoms with van der Waals surface area (Å²) in [7, 11) is 0. The molecule has 0 saturated carbocycles. The highest BCUT2D eigenvalue weighted by atomic mass is 35.5. The largest absolute Gasteiger partial charge is 0.317 e. The molecule has 0 radical (unpaired) electrons. The second kappa shape index (κ2) is 5.24. The van der Waals surface area contributed by atoms with Gasteiger partial charge < -0.3 is 4.57 Å². The van der Waals surface area contributed by atoms with E-state index in [0.717, 1.165) is 16.5 Å². The number of halogens is 1. The van der Waals surface area contributed by atoms with Gasteiger partial charge in [0.2, 0.25) is 0 Å². The average Bonchev–Trinajstić information content (AvgIpc) is 2.89. The van der Waals surface area contributed by atoms with E-state index in [-0.39, 0.29) is 11.4 Å². The quantitative estimate of drug-likeness (QED) is 0.681. The molecule has 0 bridgehead atoms. The lowest BCUT2D eigenvalue weighted by Gasteiger charge is -2.07. The molecule has 3 rings (SSSR count). The summed E-state index contributed by atoms with van der Waals surface area (Å²) in [5.74, 6) is 0. The first-order valence-electron chi connectivity index (χ1n) is 6.12. The van der Waals surface area contributed by atoms with Crippen LogP contribution in [0.15, 0.2) is 36.7 Å². The molecule has 0 saturated heterocycles. The number of hydrogen-bond donors (Lipinski definition) is 0. The van der Waals surface area contributed by atoms with Crippen molar-refractivity contribution in [1.29, 1.82) is 10.5 Å². The van der Waals surface area contributed by atoms with Crippen LogP contribution in [0.1, 0.15) is 17.0 Å². The monoisotopic (exact) mass is 293 g/mol. The second-order valence-corrected chi connectivity index (χ2v) is 4.78. The van der Waals surface area contributed by atoms with Crippen molar-refractivity contribution in [3.8, 4) is 12.1 Å². The summed E-state index contributed by atoms with van der Waals surface area (Å²) in [4.78, 5) is 8.25. The van der Waals surface area contributed by atoms with Crippen LogP contribution in [0.25, 0.3) is 10.9 Å². The highest BCUT2D eigenvalue weighted by molar-refractivity contribution is 6.30. The van der Waals surface area contributed by atoms with Gasteiger partial charge in [0.05, 0.1) is 18.4 Å². The van der Waals surface area contributed by atoms with Gasteiger partial charge in [-0.3, -0.25) is 0 Å². The SMILES string of the molecule is N#Cc1ncn(Cc2cc3ccccc3nc2Cl)c1C#N. The van der Waals surface area contributed by atoms with Crippen LogP contribution in [0.4, 0.5) is 0 Å². The molecule has 2 heterocycles. The molecule has 0 aliphatic heterocycles. The third-order valence-corrected chi connectivity index (χ3v) is 3.47. The Balaban J connectivity index is 2.07. The van der Waals surface area contributed by atoms with Crippen molar-refractivity contribution < 1.29 is 0 Å². The summed E-state index contributed by atoms with van der Waals surface area (Å²) in [5.41, 5.74) is 1.92. The number of para-hydroxylation sites is 1. The Labute approximate surface area is 125 Å². The van der Waals surface area contributed by atoms with E-state index in [1.807, 2.05) is 42.5 Å². The molecule has 0 amide bonds. The summed E-state index contributed by atoms with van der Waals surface area (Å²) < 4.78 is 1.59. The predicted octanol–water partition coefficient (Wildman–Crippen LogP) is 2.88. The van der Waals surface area contributed by atoms with E-state index in [4.69, 9.17) is 22.1 Å². The van der Waals surface area contributed by atoms with Crippen molar-refractivity contribution in [2.45, 2.75) is 6.54 Å². The molecule has 100 valence electrons. The minimum Gasteiger partial charge on any atom is -0.317 e. The summed E-state index contributed by atoms with van der Waals surface area (Å²) >= 11 is 6.20. The third kappa shape index (κ3) is 2.31. The van der Waals surface area contributed by atoms with Gasteiger partial charge >= 0.3 is 0 Å². The average molecular weight is 294 g/mol. The fraction of sp³-hybridized carbons (Fsp3) is 0.0667. The van der Waals surface area contributed by atoms with Crippen LogP contribution in [0.2, 0.25) is 5.15 Å². The van der Waals surface area contributed by atoms with Gasteiger partial charge in [0.25, 0.3) is 0 Å². The van der Waals surface area contributed by atoms with Gasteiger partial charge in [-0.15, -0.1) is 0 Å². The molecule has 6 heteroatoms. The van der Waals surface area contributed by atoms with Crippen molar-refractivity contribution in [1.82, 2.24) is 14.5 Å². The van der Waals surface area contributed by atoms with Gasteiger partial charge in [0, 0.05) is 10.9 Å². The van der Waals surface area contributed by atoms with E-state index < -0.39 is 0 Å². The molecule has 0 spiro atoms. The Morgan fingerprint density at radius 2 is 2.00 bits per heavy atom. The maximum atomic E-state index is 9.13. The Morgan fingerprint density at radius 3 is 2.76 bits per heavy atom. The molecular weight excluding hydrogens is 286 g/mol. The summed E-state index contributed by atoms with van der Waals surface area (Å²) in [6.45, 7) is 0.342. The van der Waals surface area contributed by atoms with Gasteiger partial charge in [-0.1, -0.05) is 29.8 Å². The summed E-state index contributed by atoms with van der Waals surface area (Å²) in [6, 6.07) is 13.5. The van der Waals surface area contributed by atoms with E-state index in [9.17, 15) is 0 Å². The number of nitriles is 2. The first-order chi connectivity index (χ1) is 10.2. The lowest BCUT2D eigenvalue weighted by molar-refractivity contribution is 0.783. The summed E-state index contributed by atoms with van der Waals surface area (Å²) in [6.07, 6.45) is 1.46. The van der Waals surface area contributed by atoms with E-state index in [1.165, 1.54) is 6.33 Å². The number of fused-ring (bicyclic) bond motifs is 1. The Bertz CT molecular complexity index is 914. The predicted molar refractivity (Wildman–Crippen MR) is 77.5 cm³/mol. The van der Waals surface area contributed by atoms with Gasteiger partial charge in [-0.25, -0.2) is 9.97 Å². The van der Waals surface area contributed by atoms with E-state index in [1.54, 1.807) is 4.57 Å². The van der Waals surface area contributed by atoms with Crippen LogP contribution in [-0.2, 0) is 6.54 Å². The summed E-state index contributed by atoms with van der Waals surface area (Å²) in [5, 5.41) is 19.4. The van der Waals surface area contributed by atoms with Crippen LogP contribution in [0.5, 0.6) is 0 Å². The number of aromatic nitrogens is 3. The number of imidazole rings is 1. The lowest BCUT2D eigenvalue weighted by atomic mass is 10.1. The maximum Gasteiger partial charge on any atom is 0.176 e. The zero-order chi connectivity index (χ0) is 14.8. The first-order valence-corrected chi connectivity index (χ1v) is 6.50. The van der Waals surface area contributed by atoms with Gasteiger partial charge in [0.15, 0.2) is 11.4 Å². The topological polar surface area (TPSA) is 78.3 Å². The highest BCUT2D eigenvalue weighted by Crippen LogP contribution is 2.22. The number of hydrogen-bond acceptors (Lipinski definition) is 4. The standard InChI is InChI=1S/C15H8ClN5/c16-15-11(5-10-3-1-2-4-12(10)20-15)8-21-9-19-13(6-17)14(21)7-18/h1-5,9H,8H2. The van der Waals surface area contributed by atoms with Gasteiger partial charge in [-0.2, -0.15) is 10.5 Å². The molecule has 0 unspecified atom stereocenters. The minimum absolute atomic E-state index is 0.113. The normalized spacial score (nSPS) is 10.2. The minimum atomic E-state index is 0.113. The molecule has 3 aromatic rings. The molecule has 5 nitrogen and oxygen atoms in total. The molecule has 0 aliphatic carbocycles. The van der Waals surface area contributed by atoms with Crippen LogP contribution in [-0.4, -0.2) is 14.5 Å². The fourth-order valence-electron chi connectivity index (χ4n) is 2.13. The maximum absolute atomic E-state index is 9.13. The van der Waals surface area contributed by atoms with Crippen molar-refractivity contribution in [3.63, 3.8) is 0 Å². The lowest BCUT2D eigenvalue weighted by Crippen LogP contribution is -2.03. The molecule has 0 N–H and O–H groups in total. The number of nitrogens with zero attached hydrogens (tertiary/aromatic N) is 5. The number of benzene rings is 1. The number of pyridine rings is 1. The molecule has 1 aromatic carbocycles. The molecule has 0 fully saturated rings. The van der Waals surface area contributed by atoms with Crippen molar-refractivity contribution >= 4 is 22.5 Å². The van der Waals surface area contributed by atoms with E-state index >= 15 is 0 Å². The Morgan fingerprint density at radius 1 is 1.19 bits per heavy atom. The fourth-order valence-corrected chi connectivity index (χ4v) is 2.34. The van der Waals surface area contributed by atoms with Crippen molar-refractivity contribution in [2.75, 3.05) is 0 Å². The first kappa shape index (κ1) is 13.1. The van der Waals surface area contributed by atoms with Crippen LogP contribution >= 0.6 is 11.6 Å². The Kier molecular flexibility index (Phi) is 3.27. The second-order valence-electron chi connectivity index (χ2n) is 4.42. The molecule has 0 aliphatic rings. The van der Waals surface area contributed by atoms with Gasteiger partial charge in [0.1, 0.15) is 17.3 Å². The van der Waals surface area contributed by atoms with E-state index in [0.29, 0.717) is 11.7 Å².